The Kier molecular flexibility index (Phi) is 7.61. The molecule has 1 aromatic carbocycles. The van der Waals surface area contributed by atoms with Crippen LogP contribution in [-0.4, -0.2) is 47.5 Å². The maximum atomic E-state index is 13.3. The third-order valence-corrected chi connectivity index (χ3v) is 6.65. The van der Waals surface area contributed by atoms with Crippen molar-refractivity contribution in [1.29, 1.82) is 0 Å². The largest absolute Gasteiger partial charge is 0.376 e. The molecule has 0 spiro atoms. The summed E-state index contributed by atoms with van der Waals surface area (Å²) in [5.74, 6) is -0.343. The number of amides is 2. The molecular formula is C23H31N3O3S. The number of aryl methyl sites for hydroxylation is 3. The summed E-state index contributed by atoms with van der Waals surface area (Å²) in [6.45, 7) is 9.07. The minimum absolute atomic E-state index is 0.00741. The molecule has 1 saturated heterocycles. The summed E-state index contributed by atoms with van der Waals surface area (Å²) in [6.07, 6.45) is 3.72. The van der Waals surface area contributed by atoms with Gasteiger partial charge < -0.3 is 15.0 Å². The van der Waals surface area contributed by atoms with Crippen LogP contribution in [0.3, 0.4) is 0 Å². The fourth-order valence-corrected chi connectivity index (χ4v) is 4.75. The lowest BCUT2D eigenvalue weighted by Gasteiger charge is -2.25. The molecule has 1 N–H and O–H groups in total. The molecule has 1 aromatic heterocycles. The molecule has 3 rings (SSSR count). The third-order valence-electron chi connectivity index (χ3n) is 5.45. The molecule has 0 saturated carbocycles. The zero-order chi connectivity index (χ0) is 21.7. The van der Waals surface area contributed by atoms with Crippen LogP contribution in [0.4, 0.5) is 5.69 Å². The van der Waals surface area contributed by atoms with Crippen LogP contribution >= 0.6 is 11.3 Å². The van der Waals surface area contributed by atoms with Crippen molar-refractivity contribution in [2.24, 2.45) is 0 Å². The van der Waals surface area contributed by atoms with Gasteiger partial charge in [-0.15, -0.1) is 11.3 Å². The van der Waals surface area contributed by atoms with E-state index in [0.29, 0.717) is 18.0 Å². The lowest BCUT2D eigenvalue weighted by atomic mass is 10.1. The average Bonchev–Trinajstić information content (AvgIpc) is 3.34. The Morgan fingerprint density at radius 1 is 1.30 bits per heavy atom. The quantitative estimate of drug-likeness (QED) is 0.680. The Labute approximate surface area is 182 Å². The van der Waals surface area contributed by atoms with Crippen molar-refractivity contribution in [2.75, 3.05) is 25.0 Å². The molecule has 1 aliphatic rings. The van der Waals surface area contributed by atoms with Crippen molar-refractivity contribution in [2.45, 2.75) is 59.5 Å². The highest BCUT2D eigenvalue weighted by Crippen LogP contribution is 2.23. The van der Waals surface area contributed by atoms with Gasteiger partial charge in [0.15, 0.2) is 0 Å². The number of thiazole rings is 1. The summed E-state index contributed by atoms with van der Waals surface area (Å²) in [4.78, 5) is 33.0. The second kappa shape index (κ2) is 10.2. The third kappa shape index (κ3) is 5.46. The molecule has 0 radical (unpaired) electrons. The topological polar surface area (TPSA) is 71.5 Å². The van der Waals surface area contributed by atoms with Crippen LogP contribution < -0.4 is 5.32 Å². The molecule has 1 fully saturated rings. The number of anilines is 1. The minimum Gasteiger partial charge on any atom is -0.376 e. The zero-order valence-electron chi connectivity index (χ0n) is 18.3. The summed E-state index contributed by atoms with van der Waals surface area (Å²) in [5, 5.41) is 3.93. The van der Waals surface area contributed by atoms with Crippen LogP contribution in [0.2, 0.25) is 0 Å². The van der Waals surface area contributed by atoms with Crippen LogP contribution in [-0.2, 0) is 16.0 Å². The van der Waals surface area contributed by atoms with Gasteiger partial charge >= 0.3 is 0 Å². The summed E-state index contributed by atoms with van der Waals surface area (Å²) in [5.41, 5.74) is 3.67. The maximum absolute atomic E-state index is 13.3. The molecule has 1 unspecified atom stereocenters. The van der Waals surface area contributed by atoms with Crippen LogP contribution in [0.15, 0.2) is 18.2 Å². The first-order valence-corrected chi connectivity index (χ1v) is 11.4. The lowest BCUT2D eigenvalue weighted by Crippen LogP contribution is -2.42. The first-order valence-electron chi connectivity index (χ1n) is 10.6. The van der Waals surface area contributed by atoms with E-state index in [1.165, 1.54) is 11.3 Å². The predicted molar refractivity (Wildman–Crippen MR) is 120 cm³/mol. The van der Waals surface area contributed by atoms with E-state index in [-0.39, 0.29) is 24.5 Å². The number of rotatable bonds is 8. The normalized spacial score (nSPS) is 15.9. The smallest absolute Gasteiger partial charge is 0.266 e. The van der Waals surface area contributed by atoms with Gasteiger partial charge in [-0.25, -0.2) is 4.98 Å². The van der Waals surface area contributed by atoms with Gasteiger partial charge in [-0.3, -0.25) is 9.59 Å². The van der Waals surface area contributed by atoms with Crippen molar-refractivity contribution in [3.63, 3.8) is 0 Å². The second-order valence-electron chi connectivity index (χ2n) is 7.89. The van der Waals surface area contributed by atoms with Crippen molar-refractivity contribution < 1.29 is 14.3 Å². The number of nitrogens with zero attached hydrogens (tertiary/aromatic N) is 2. The average molecular weight is 430 g/mol. The van der Waals surface area contributed by atoms with Crippen LogP contribution in [0.1, 0.15) is 57.7 Å². The molecule has 7 heteroatoms. The van der Waals surface area contributed by atoms with Gasteiger partial charge in [-0.05, 0) is 63.6 Å². The molecule has 30 heavy (non-hydrogen) atoms. The van der Waals surface area contributed by atoms with E-state index in [1.54, 1.807) is 4.90 Å². The molecule has 2 aromatic rings. The summed E-state index contributed by atoms with van der Waals surface area (Å²) in [7, 11) is 0. The second-order valence-corrected chi connectivity index (χ2v) is 8.97. The van der Waals surface area contributed by atoms with Crippen LogP contribution in [0, 0.1) is 20.8 Å². The van der Waals surface area contributed by atoms with Crippen LogP contribution in [0.5, 0.6) is 0 Å². The van der Waals surface area contributed by atoms with Crippen molar-refractivity contribution in [1.82, 2.24) is 9.88 Å². The number of benzene rings is 1. The first-order chi connectivity index (χ1) is 14.4. The molecule has 2 heterocycles. The van der Waals surface area contributed by atoms with Gasteiger partial charge in [0.1, 0.15) is 11.4 Å². The number of carbonyl (C=O) groups excluding carboxylic acids is 2. The Morgan fingerprint density at radius 3 is 2.80 bits per heavy atom. The first kappa shape index (κ1) is 22.4. The van der Waals surface area contributed by atoms with Gasteiger partial charge in [-0.2, -0.15) is 0 Å². The molecule has 1 atom stereocenters. The predicted octanol–water partition coefficient (Wildman–Crippen LogP) is 4.28. The van der Waals surface area contributed by atoms with Gasteiger partial charge in [0.05, 0.1) is 16.8 Å². The summed E-state index contributed by atoms with van der Waals surface area (Å²) < 4.78 is 5.74. The number of aromatic nitrogens is 1. The number of hydrogen-bond donors (Lipinski definition) is 1. The Bertz CT molecular complexity index is 903. The zero-order valence-corrected chi connectivity index (χ0v) is 19.1. The number of hydrogen-bond acceptors (Lipinski definition) is 5. The number of nitrogens with one attached hydrogen (secondary N) is 1. The molecular weight excluding hydrogens is 398 g/mol. The van der Waals surface area contributed by atoms with E-state index >= 15 is 0 Å². The summed E-state index contributed by atoms with van der Waals surface area (Å²) in [6, 6.07) is 5.82. The Hall–Kier alpha value is -2.25. The highest BCUT2D eigenvalue weighted by atomic mass is 32.1. The van der Waals surface area contributed by atoms with Crippen molar-refractivity contribution in [3.8, 4) is 0 Å². The molecule has 1 aliphatic heterocycles. The molecule has 0 aliphatic carbocycles. The van der Waals surface area contributed by atoms with Crippen molar-refractivity contribution in [3.05, 3.63) is 44.9 Å². The van der Waals surface area contributed by atoms with E-state index in [1.807, 2.05) is 39.0 Å². The Balaban J connectivity index is 1.77. The highest BCUT2D eigenvalue weighted by Gasteiger charge is 2.28. The standard InChI is InChI=1S/C23H31N3O3S/c1-5-8-21-24-17(4)22(30-21)23(28)26(13-18-10-7-12-29-18)14-20(27)25-19-11-6-9-15(2)16(19)3/h6,9,11,18H,5,7-8,10,12-14H2,1-4H3,(H,25,27). The Morgan fingerprint density at radius 2 is 2.10 bits per heavy atom. The van der Waals surface area contributed by atoms with Gasteiger partial charge in [0, 0.05) is 18.8 Å². The minimum atomic E-state index is -0.203. The molecule has 162 valence electrons. The molecule has 6 nitrogen and oxygen atoms in total. The van der Waals surface area contributed by atoms with Crippen LogP contribution in [0.25, 0.3) is 0 Å². The highest BCUT2D eigenvalue weighted by molar-refractivity contribution is 7.13. The van der Waals surface area contributed by atoms with Gasteiger partial charge in [-0.1, -0.05) is 19.1 Å². The summed E-state index contributed by atoms with van der Waals surface area (Å²) >= 11 is 1.44. The van der Waals surface area contributed by atoms with Gasteiger partial charge in [0.25, 0.3) is 5.91 Å². The van der Waals surface area contributed by atoms with Crippen molar-refractivity contribution >= 4 is 28.8 Å². The maximum Gasteiger partial charge on any atom is 0.266 e. The van der Waals surface area contributed by atoms with E-state index in [0.717, 1.165) is 53.2 Å². The van der Waals surface area contributed by atoms with Gasteiger partial charge in [0.2, 0.25) is 5.91 Å². The SMILES string of the molecule is CCCc1nc(C)c(C(=O)N(CC(=O)Nc2cccc(C)c2C)CC2CCCO2)s1. The molecule has 2 amide bonds. The van der Waals surface area contributed by atoms with E-state index in [4.69, 9.17) is 4.74 Å². The van der Waals surface area contributed by atoms with E-state index in [2.05, 4.69) is 17.2 Å². The lowest BCUT2D eigenvalue weighted by molar-refractivity contribution is -0.117. The molecule has 0 bridgehead atoms. The number of ether oxygens (including phenoxy) is 1. The van der Waals surface area contributed by atoms with E-state index in [9.17, 15) is 9.59 Å². The fraction of sp³-hybridized carbons (Fsp3) is 0.522. The fourth-order valence-electron chi connectivity index (χ4n) is 3.62. The van der Waals surface area contributed by atoms with E-state index < -0.39 is 0 Å². The monoisotopic (exact) mass is 429 g/mol. The number of carbonyl (C=O) groups is 2.